The van der Waals surface area contributed by atoms with E-state index in [1.165, 1.54) is 6.07 Å². The van der Waals surface area contributed by atoms with Gasteiger partial charge in [-0.05, 0) is 42.5 Å². The maximum Gasteiger partial charge on any atom is 0.573 e. The molecule has 0 bridgehead atoms. The van der Waals surface area contributed by atoms with E-state index in [1.807, 2.05) is 0 Å². The third-order valence-electron chi connectivity index (χ3n) is 1.99. The van der Waals surface area contributed by atoms with Gasteiger partial charge in [-0.1, -0.05) is 0 Å². The normalized spacial score (nSPS) is 11.3. The number of halogens is 4. The second-order valence-electron chi connectivity index (χ2n) is 3.57. The third kappa shape index (κ3) is 5.21. The van der Waals surface area contributed by atoms with Crippen LogP contribution in [0, 0.1) is 10.6 Å². The first-order valence-corrected chi connectivity index (χ1v) is 6.38. The smallest absolute Gasteiger partial charge is 0.466 e. The van der Waals surface area contributed by atoms with Crippen LogP contribution in [0.3, 0.4) is 0 Å². The Morgan fingerprint density at radius 2 is 2.11 bits per heavy atom. The molecule has 1 heterocycles. The van der Waals surface area contributed by atoms with Gasteiger partial charge in [0.15, 0.2) is 5.75 Å². The molecule has 0 atom stereocenters. The van der Waals surface area contributed by atoms with E-state index in [0.29, 0.717) is 5.69 Å². The molecule has 1 rings (SSSR count). The fourth-order valence-electron chi connectivity index (χ4n) is 1.41. The highest BCUT2D eigenvalue weighted by molar-refractivity contribution is 14.1. The van der Waals surface area contributed by atoms with Gasteiger partial charge in [0.1, 0.15) is 3.70 Å². The van der Waals surface area contributed by atoms with Gasteiger partial charge in [-0.25, -0.2) is 4.98 Å². The Bertz CT molecular complexity index is 477. The number of esters is 1. The Morgan fingerprint density at radius 3 is 2.63 bits per heavy atom. The van der Waals surface area contributed by atoms with Crippen molar-refractivity contribution in [2.75, 3.05) is 6.61 Å². The number of rotatable bonds is 4. The fraction of sp³-hybridized carbons (Fsp3) is 0.455. The Morgan fingerprint density at radius 1 is 1.47 bits per heavy atom. The number of ether oxygens (including phenoxy) is 2. The van der Waals surface area contributed by atoms with Crippen LogP contribution in [-0.4, -0.2) is 23.9 Å². The van der Waals surface area contributed by atoms with Gasteiger partial charge in [0.2, 0.25) is 0 Å². The second-order valence-corrected chi connectivity index (χ2v) is 4.59. The van der Waals surface area contributed by atoms with E-state index >= 15 is 0 Å². The van der Waals surface area contributed by atoms with Crippen LogP contribution in [-0.2, 0) is 16.0 Å². The van der Waals surface area contributed by atoms with E-state index in [0.717, 1.165) is 0 Å². The zero-order valence-corrected chi connectivity index (χ0v) is 12.3. The Kier molecular flexibility index (Phi) is 5.39. The maximum atomic E-state index is 12.3. The summed E-state index contributed by atoms with van der Waals surface area (Å²) < 4.78 is 45.6. The molecule has 0 spiro atoms. The highest BCUT2D eigenvalue weighted by atomic mass is 127. The SMILES string of the molecule is CCOC(=O)Cc1cc(C)nc(I)c1OC(F)(F)F. The molecule has 0 unspecified atom stereocenters. The van der Waals surface area contributed by atoms with Crippen LogP contribution in [0.15, 0.2) is 6.07 Å². The minimum atomic E-state index is -4.83. The van der Waals surface area contributed by atoms with Crippen molar-refractivity contribution in [3.8, 4) is 5.75 Å². The van der Waals surface area contributed by atoms with Crippen molar-refractivity contribution in [3.63, 3.8) is 0 Å². The van der Waals surface area contributed by atoms with Gasteiger partial charge in [-0.15, -0.1) is 13.2 Å². The summed E-state index contributed by atoms with van der Waals surface area (Å²) in [6.45, 7) is 3.40. The van der Waals surface area contributed by atoms with Crippen molar-refractivity contribution in [1.29, 1.82) is 0 Å². The number of nitrogens with zero attached hydrogens (tertiary/aromatic N) is 1. The van der Waals surface area contributed by atoms with Crippen molar-refractivity contribution in [1.82, 2.24) is 4.98 Å². The van der Waals surface area contributed by atoms with Crippen LogP contribution in [0.2, 0.25) is 0 Å². The predicted molar refractivity (Wildman–Crippen MR) is 68.7 cm³/mol. The molecule has 4 nitrogen and oxygen atoms in total. The molecule has 0 saturated heterocycles. The predicted octanol–water partition coefficient (Wildman–Crippen LogP) is 3.00. The molecular weight excluding hydrogens is 378 g/mol. The number of alkyl halides is 3. The lowest BCUT2D eigenvalue weighted by molar-refractivity contribution is -0.275. The number of aromatic nitrogens is 1. The van der Waals surface area contributed by atoms with Crippen LogP contribution in [0.25, 0.3) is 0 Å². The molecule has 0 N–H and O–H groups in total. The number of hydrogen-bond acceptors (Lipinski definition) is 4. The van der Waals surface area contributed by atoms with Crippen LogP contribution in [0.5, 0.6) is 5.75 Å². The topological polar surface area (TPSA) is 48.4 Å². The number of carbonyl (C=O) groups is 1. The Balaban J connectivity index is 3.09. The number of pyridine rings is 1. The van der Waals surface area contributed by atoms with E-state index in [4.69, 9.17) is 4.74 Å². The molecule has 0 aliphatic heterocycles. The molecule has 19 heavy (non-hydrogen) atoms. The zero-order valence-electron chi connectivity index (χ0n) is 10.2. The van der Waals surface area contributed by atoms with Crippen molar-refractivity contribution in [3.05, 3.63) is 21.0 Å². The molecule has 0 saturated carbocycles. The van der Waals surface area contributed by atoms with E-state index in [2.05, 4.69) is 9.72 Å². The zero-order chi connectivity index (χ0) is 14.6. The van der Waals surface area contributed by atoms with Crippen molar-refractivity contribution >= 4 is 28.6 Å². The molecule has 0 radical (unpaired) electrons. The summed E-state index contributed by atoms with van der Waals surface area (Å²) in [4.78, 5) is 15.3. The van der Waals surface area contributed by atoms with Crippen LogP contribution in [0.1, 0.15) is 18.2 Å². The standard InChI is InChI=1S/C11H11F3INO3/c1-3-18-8(17)5-7-4-6(2)16-10(15)9(7)19-11(12,13)14/h4H,3,5H2,1-2H3. The lowest BCUT2D eigenvalue weighted by atomic mass is 10.1. The molecule has 1 aromatic rings. The fourth-order valence-corrected chi connectivity index (χ4v) is 2.25. The molecule has 1 aromatic heterocycles. The van der Waals surface area contributed by atoms with E-state index in [1.54, 1.807) is 36.4 Å². The maximum absolute atomic E-state index is 12.3. The number of carbonyl (C=O) groups excluding carboxylic acids is 1. The van der Waals surface area contributed by atoms with Gasteiger partial charge >= 0.3 is 12.3 Å². The largest absolute Gasteiger partial charge is 0.573 e. The molecule has 106 valence electrons. The first kappa shape index (κ1) is 16.0. The summed E-state index contributed by atoms with van der Waals surface area (Å²) in [6.07, 6.45) is -5.13. The molecular formula is C11H11F3INO3. The van der Waals surface area contributed by atoms with Crippen LogP contribution >= 0.6 is 22.6 Å². The van der Waals surface area contributed by atoms with Crippen molar-refractivity contribution in [2.24, 2.45) is 0 Å². The summed E-state index contributed by atoms with van der Waals surface area (Å²) in [6, 6.07) is 1.38. The summed E-state index contributed by atoms with van der Waals surface area (Å²) >= 11 is 1.63. The molecule has 0 aromatic carbocycles. The van der Waals surface area contributed by atoms with Gasteiger partial charge in [0, 0.05) is 11.3 Å². The highest BCUT2D eigenvalue weighted by Gasteiger charge is 2.34. The summed E-state index contributed by atoms with van der Waals surface area (Å²) in [7, 11) is 0. The minimum Gasteiger partial charge on any atom is -0.466 e. The summed E-state index contributed by atoms with van der Waals surface area (Å²) in [5.41, 5.74) is 0.603. The molecule has 0 amide bonds. The van der Waals surface area contributed by atoms with E-state index < -0.39 is 18.1 Å². The van der Waals surface area contributed by atoms with Crippen molar-refractivity contribution in [2.45, 2.75) is 26.6 Å². The molecule has 0 fully saturated rings. The molecule has 0 aliphatic carbocycles. The monoisotopic (exact) mass is 389 g/mol. The molecule has 0 aliphatic rings. The van der Waals surface area contributed by atoms with Gasteiger partial charge in [0.05, 0.1) is 13.0 Å². The van der Waals surface area contributed by atoms with Gasteiger partial charge < -0.3 is 9.47 Å². The first-order valence-electron chi connectivity index (χ1n) is 5.30. The highest BCUT2D eigenvalue weighted by Crippen LogP contribution is 2.31. The van der Waals surface area contributed by atoms with E-state index in [-0.39, 0.29) is 22.3 Å². The average Bonchev–Trinajstić information content (AvgIpc) is 2.22. The lowest BCUT2D eigenvalue weighted by Crippen LogP contribution is -2.20. The van der Waals surface area contributed by atoms with Gasteiger partial charge in [0.25, 0.3) is 0 Å². The second kappa shape index (κ2) is 6.40. The van der Waals surface area contributed by atoms with Gasteiger partial charge in [-0.2, -0.15) is 0 Å². The number of aryl methyl sites for hydroxylation is 1. The lowest BCUT2D eigenvalue weighted by Gasteiger charge is -2.14. The Hall–Kier alpha value is -1.06. The van der Waals surface area contributed by atoms with E-state index in [9.17, 15) is 18.0 Å². The van der Waals surface area contributed by atoms with Crippen LogP contribution < -0.4 is 4.74 Å². The molecule has 8 heteroatoms. The summed E-state index contributed by atoms with van der Waals surface area (Å²) in [5, 5.41) is 0. The minimum absolute atomic E-state index is 0.0502. The van der Waals surface area contributed by atoms with Crippen LogP contribution in [0.4, 0.5) is 13.2 Å². The number of hydrogen-bond donors (Lipinski definition) is 0. The Labute approximate surface area is 121 Å². The third-order valence-corrected chi connectivity index (χ3v) is 2.73. The first-order chi connectivity index (χ1) is 8.73. The van der Waals surface area contributed by atoms with Gasteiger partial charge in [-0.3, -0.25) is 4.79 Å². The van der Waals surface area contributed by atoms with Crippen molar-refractivity contribution < 1.29 is 27.4 Å². The average molecular weight is 389 g/mol. The quantitative estimate of drug-likeness (QED) is 0.452. The summed E-state index contributed by atoms with van der Waals surface area (Å²) in [5.74, 6) is -1.07.